The Labute approximate surface area is 65.3 Å². The van der Waals surface area contributed by atoms with E-state index in [0.29, 0.717) is 4.57 Å². The molecule has 7 heteroatoms. The lowest BCUT2D eigenvalue weighted by Gasteiger charge is -1.95. The van der Waals surface area contributed by atoms with Crippen LogP contribution in [0.5, 0.6) is 0 Å². The van der Waals surface area contributed by atoms with Gasteiger partial charge in [-0.2, -0.15) is 5.10 Å². The number of hydrogen-bond acceptors (Lipinski definition) is 4. The summed E-state index contributed by atoms with van der Waals surface area (Å²) < 4.78 is 0.584. The lowest BCUT2D eigenvalue weighted by Crippen LogP contribution is -2.38. The Balaban J connectivity index is 3.18. The lowest BCUT2D eigenvalue weighted by molar-refractivity contribution is -0.137. The molecule has 0 atom stereocenters. The smallest absolute Gasteiger partial charge is 0.330 e. The molecular weight excluding hydrogens is 166 g/mol. The first-order valence-electron chi connectivity index (χ1n) is 2.90. The van der Waals surface area contributed by atoms with Gasteiger partial charge in [0.2, 0.25) is 6.33 Å². The third kappa shape index (κ3) is 1.57. The van der Waals surface area contributed by atoms with Crippen LogP contribution in [0.3, 0.4) is 0 Å². The molecule has 1 rings (SSSR count). The summed E-state index contributed by atoms with van der Waals surface area (Å²) in [5.74, 6) is -1.24. The highest BCUT2D eigenvalue weighted by atomic mass is 16.4. The number of H-pyrrole nitrogens is 1. The van der Waals surface area contributed by atoms with E-state index >= 15 is 0 Å². The number of carboxylic acids is 1. The second-order valence-corrected chi connectivity index (χ2v) is 1.94. The number of rotatable bonds is 2. The van der Waals surface area contributed by atoms with Crippen molar-refractivity contribution >= 4 is 5.97 Å². The van der Waals surface area contributed by atoms with Gasteiger partial charge in [-0.3, -0.25) is 19.0 Å². The van der Waals surface area contributed by atoms with Crippen molar-refractivity contribution in [3.8, 4) is 0 Å². The maximum Gasteiger partial charge on any atom is 0.330 e. The van der Waals surface area contributed by atoms with Gasteiger partial charge in [-0.1, -0.05) is 0 Å². The number of hydrogen-bond donors (Lipinski definition) is 2. The Hall–Kier alpha value is -1.92. The normalized spacial score (nSPS) is 9.67. The van der Waals surface area contributed by atoms with E-state index in [9.17, 15) is 14.4 Å². The molecule has 1 aromatic heterocycles. The minimum atomic E-state index is -1.24. The molecule has 0 aliphatic carbocycles. The maximum absolute atomic E-state index is 10.8. The van der Waals surface area contributed by atoms with Gasteiger partial charge in [-0.15, -0.1) is 0 Å². The van der Waals surface area contributed by atoms with Gasteiger partial charge in [0.05, 0.1) is 0 Å². The molecule has 0 unspecified atom stereocenters. The summed E-state index contributed by atoms with van der Waals surface area (Å²) in [6, 6.07) is 0. The zero-order chi connectivity index (χ0) is 9.14. The maximum atomic E-state index is 10.8. The van der Waals surface area contributed by atoms with E-state index < -0.39 is 23.6 Å². The fourth-order valence-corrected chi connectivity index (χ4v) is 0.594. The SMILES string of the molecule is O=C(O)Cn1[c]n[nH]c(=O)c1=O. The fourth-order valence-electron chi connectivity index (χ4n) is 0.594. The number of carbonyl (C=O) groups is 1. The van der Waals surface area contributed by atoms with Crippen molar-refractivity contribution in [2.24, 2.45) is 0 Å². The van der Waals surface area contributed by atoms with Crippen molar-refractivity contribution < 1.29 is 9.90 Å². The molecule has 1 heterocycles. The van der Waals surface area contributed by atoms with Crippen LogP contribution < -0.4 is 11.1 Å². The largest absolute Gasteiger partial charge is 0.480 e. The Morgan fingerprint density at radius 3 is 2.92 bits per heavy atom. The van der Waals surface area contributed by atoms with Gasteiger partial charge in [0.25, 0.3) is 0 Å². The van der Waals surface area contributed by atoms with Gasteiger partial charge in [0.1, 0.15) is 6.54 Å². The third-order valence-electron chi connectivity index (χ3n) is 1.06. The van der Waals surface area contributed by atoms with E-state index in [2.05, 4.69) is 5.10 Å². The van der Waals surface area contributed by atoms with Crippen LogP contribution >= 0.6 is 0 Å². The second kappa shape index (κ2) is 2.99. The van der Waals surface area contributed by atoms with Gasteiger partial charge in [-0.25, -0.2) is 5.10 Å². The van der Waals surface area contributed by atoms with Crippen molar-refractivity contribution in [3.63, 3.8) is 0 Å². The Morgan fingerprint density at radius 2 is 2.33 bits per heavy atom. The number of aromatic nitrogens is 3. The molecule has 12 heavy (non-hydrogen) atoms. The van der Waals surface area contributed by atoms with Crippen LogP contribution in [0.25, 0.3) is 0 Å². The number of aliphatic carboxylic acids is 1. The van der Waals surface area contributed by atoms with Crippen molar-refractivity contribution in [3.05, 3.63) is 27.0 Å². The molecule has 2 N–H and O–H groups in total. The lowest BCUT2D eigenvalue weighted by atomic mass is 10.6. The minimum Gasteiger partial charge on any atom is -0.480 e. The molecule has 0 saturated heterocycles. The first-order chi connectivity index (χ1) is 5.61. The standard InChI is InChI=1S/C5H4N3O4/c9-3(10)1-8-2-6-7-4(11)5(8)12/h1H2,(H,7,11)(H,9,10). The molecule has 63 valence electrons. The zero-order valence-corrected chi connectivity index (χ0v) is 5.77. The topological polar surface area (TPSA) is 105 Å². The first-order valence-corrected chi connectivity index (χ1v) is 2.90. The van der Waals surface area contributed by atoms with Crippen LogP contribution in [0, 0.1) is 6.33 Å². The molecule has 0 spiro atoms. The number of nitrogens with zero attached hydrogens (tertiary/aromatic N) is 2. The molecular formula is C5H4N3O4. The summed E-state index contributed by atoms with van der Waals surface area (Å²) >= 11 is 0. The molecule has 0 aliphatic rings. The summed E-state index contributed by atoms with van der Waals surface area (Å²) in [4.78, 5) is 31.5. The summed E-state index contributed by atoms with van der Waals surface area (Å²) in [6.07, 6.45) is 2.03. The van der Waals surface area contributed by atoms with Crippen LogP contribution in [-0.4, -0.2) is 25.8 Å². The van der Waals surface area contributed by atoms with Crippen LogP contribution in [0.2, 0.25) is 0 Å². The van der Waals surface area contributed by atoms with Gasteiger partial charge in [0, 0.05) is 0 Å². The van der Waals surface area contributed by atoms with Crippen molar-refractivity contribution in [1.82, 2.24) is 14.8 Å². The van der Waals surface area contributed by atoms with E-state index in [-0.39, 0.29) is 0 Å². The van der Waals surface area contributed by atoms with Crippen molar-refractivity contribution in [2.45, 2.75) is 6.54 Å². The van der Waals surface area contributed by atoms with E-state index in [4.69, 9.17) is 5.11 Å². The number of carboxylic acid groups (broad SMARTS) is 1. The molecule has 0 saturated carbocycles. The monoisotopic (exact) mass is 170 g/mol. The van der Waals surface area contributed by atoms with Gasteiger partial charge < -0.3 is 5.11 Å². The highest BCUT2D eigenvalue weighted by molar-refractivity contribution is 5.66. The van der Waals surface area contributed by atoms with Gasteiger partial charge in [-0.05, 0) is 0 Å². The molecule has 0 aliphatic heterocycles. The van der Waals surface area contributed by atoms with Crippen LogP contribution in [0.15, 0.2) is 9.59 Å². The average molecular weight is 170 g/mol. The highest BCUT2D eigenvalue weighted by Gasteiger charge is 2.04. The predicted molar refractivity (Wildman–Crippen MR) is 35.6 cm³/mol. The minimum absolute atomic E-state index is 0.584. The third-order valence-corrected chi connectivity index (χ3v) is 1.06. The highest BCUT2D eigenvalue weighted by Crippen LogP contribution is 1.71. The summed E-state index contributed by atoms with van der Waals surface area (Å²) in [7, 11) is 0. The molecule has 1 radical (unpaired) electrons. The molecule has 0 bridgehead atoms. The Bertz CT molecular complexity index is 404. The van der Waals surface area contributed by atoms with Gasteiger partial charge >= 0.3 is 17.1 Å². The number of aromatic amines is 1. The fraction of sp³-hybridized carbons (Fsp3) is 0.200. The summed E-state index contributed by atoms with van der Waals surface area (Å²) in [5.41, 5.74) is -1.94. The summed E-state index contributed by atoms with van der Waals surface area (Å²) in [5, 5.41) is 13.2. The first kappa shape index (κ1) is 8.18. The predicted octanol–water partition coefficient (Wildman–Crippen LogP) is -2.18. The van der Waals surface area contributed by atoms with Crippen molar-refractivity contribution in [1.29, 1.82) is 0 Å². The van der Waals surface area contributed by atoms with E-state index in [0.717, 1.165) is 0 Å². The van der Waals surface area contributed by atoms with Gasteiger partial charge in [0.15, 0.2) is 0 Å². The van der Waals surface area contributed by atoms with Crippen LogP contribution in [0.1, 0.15) is 0 Å². The Kier molecular flexibility index (Phi) is 2.04. The molecule has 7 nitrogen and oxygen atoms in total. The molecule has 0 aromatic carbocycles. The van der Waals surface area contributed by atoms with Crippen LogP contribution in [-0.2, 0) is 11.3 Å². The van der Waals surface area contributed by atoms with Crippen LogP contribution in [0.4, 0.5) is 0 Å². The second-order valence-electron chi connectivity index (χ2n) is 1.94. The van der Waals surface area contributed by atoms with E-state index in [1.807, 2.05) is 11.4 Å². The summed E-state index contributed by atoms with van der Waals surface area (Å²) in [6.45, 7) is -0.615. The van der Waals surface area contributed by atoms with E-state index in [1.165, 1.54) is 0 Å². The molecule has 0 amide bonds. The number of nitrogens with one attached hydrogen (secondary N) is 1. The Morgan fingerprint density at radius 1 is 1.67 bits per heavy atom. The van der Waals surface area contributed by atoms with E-state index in [1.54, 1.807) is 0 Å². The zero-order valence-electron chi connectivity index (χ0n) is 5.77. The molecule has 1 aromatic rings. The average Bonchev–Trinajstić information content (AvgIpc) is 1.98. The van der Waals surface area contributed by atoms with Crippen molar-refractivity contribution in [2.75, 3.05) is 0 Å². The molecule has 0 fully saturated rings. The quantitative estimate of drug-likeness (QED) is 0.491.